The van der Waals surface area contributed by atoms with E-state index in [0.717, 1.165) is 34.6 Å². The summed E-state index contributed by atoms with van der Waals surface area (Å²) in [6.45, 7) is 7.58. The number of aryl methyl sites for hydroxylation is 1. The first-order chi connectivity index (χ1) is 7.54. The van der Waals surface area contributed by atoms with Crippen LogP contribution in [-0.2, 0) is 4.74 Å². The van der Waals surface area contributed by atoms with Gasteiger partial charge in [0.25, 0.3) is 0 Å². The van der Waals surface area contributed by atoms with Gasteiger partial charge in [0.05, 0.1) is 6.10 Å². The lowest BCUT2D eigenvalue weighted by Gasteiger charge is -2.15. The Morgan fingerprint density at radius 2 is 2.19 bits per heavy atom. The Morgan fingerprint density at radius 3 is 2.81 bits per heavy atom. The Kier molecular flexibility index (Phi) is 5.09. The molecule has 0 bridgehead atoms. The molecule has 0 aliphatic rings. The zero-order valence-electron chi connectivity index (χ0n) is 10.0. The van der Waals surface area contributed by atoms with Gasteiger partial charge in [0, 0.05) is 29.0 Å². The number of anilines is 2. The first-order valence-corrected chi connectivity index (χ1v) is 6.25. The van der Waals surface area contributed by atoms with Crippen molar-refractivity contribution < 1.29 is 4.74 Å². The van der Waals surface area contributed by atoms with Gasteiger partial charge in [-0.15, -0.1) is 0 Å². The van der Waals surface area contributed by atoms with Crippen molar-refractivity contribution in [3.8, 4) is 0 Å². The highest BCUT2D eigenvalue weighted by molar-refractivity contribution is 9.10. The van der Waals surface area contributed by atoms with Gasteiger partial charge in [-0.25, -0.2) is 0 Å². The molecule has 90 valence electrons. The lowest BCUT2D eigenvalue weighted by molar-refractivity contribution is 0.0855. The van der Waals surface area contributed by atoms with E-state index in [1.807, 2.05) is 26.0 Å². The molecule has 16 heavy (non-hydrogen) atoms. The quantitative estimate of drug-likeness (QED) is 0.818. The summed E-state index contributed by atoms with van der Waals surface area (Å²) in [4.78, 5) is 0. The Morgan fingerprint density at radius 1 is 1.50 bits per heavy atom. The second-order valence-corrected chi connectivity index (χ2v) is 4.69. The second kappa shape index (κ2) is 6.11. The molecule has 1 aromatic carbocycles. The molecule has 0 aliphatic heterocycles. The molecule has 4 heteroatoms. The fourth-order valence-corrected chi connectivity index (χ4v) is 1.93. The van der Waals surface area contributed by atoms with E-state index in [4.69, 9.17) is 10.5 Å². The van der Waals surface area contributed by atoms with Gasteiger partial charge in [0.15, 0.2) is 0 Å². The molecule has 0 aliphatic carbocycles. The third-order valence-electron chi connectivity index (χ3n) is 2.39. The normalized spacial score (nSPS) is 12.5. The largest absolute Gasteiger partial charge is 0.398 e. The number of rotatable bonds is 5. The molecule has 0 amide bonds. The molecule has 0 radical (unpaired) electrons. The van der Waals surface area contributed by atoms with E-state index >= 15 is 0 Å². The van der Waals surface area contributed by atoms with E-state index in [1.54, 1.807) is 0 Å². The van der Waals surface area contributed by atoms with Crippen LogP contribution in [0.15, 0.2) is 16.6 Å². The third-order valence-corrected chi connectivity index (χ3v) is 3.04. The smallest absolute Gasteiger partial charge is 0.0719 e. The fraction of sp³-hybridized carbons (Fsp3) is 0.500. The summed E-state index contributed by atoms with van der Waals surface area (Å²) in [5.74, 6) is 0. The van der Waals surface area contributed by atoms with Crippen molar-refractivity contribution in [1.29, 1.82) is 0 Å². The summed E-state index contributed by atoms with van der Waals surface area (Å²) in [6, 6.07) is 3.96. The lowest BCUT2D eigenvalue weighted by atomic mass is 10.2. The summed E-state index contributed by atoms with van der Waals surface area (Å²) in [5, 5.41) is 3.34. The Labute approximate surface area is 105 Å². The third kappa shape index (κ3) is 3.68. The topological polar surface area (TPSA) is 47.3 Å². The minimum absolute atomic E-state index is 0.203. The Hall–Kier alpha value is -0.740. The maximum absolute atomic E-state index is 5.81. The Balaban J connectivity index is 2.63. The predicted molar refractivity (Wildman–Crippen MR) is 72.9 cm³/mol. The van der Waals surface area contributed by atoms with Crippen molar-refractivity contribution in [1.82, 2.24) is 0 Å². The molecule has 3 N–H and O–H groups in total. The summed E-state index contributed by atoms with van der Waals surface area (Å²) in [7, 11) is 0. The van der Waals surface area contributed by atoms with E-state index in [0.29, 0.717) is 0 Å². The van der Waals surface area contributed by atoms with Gasteiger partial charge < -0.3 is 15.8 Å². The molecule has 3 nitrogen and oxygen atoms in total. The molecule has 0 heterocycles. The monoisotopic (exact) mass is 286 g/mol. The SMILES string of the molecule is CCOC(C)CNc1cc(C)c(N)cc1Br. The highest BCUT2D eigenvalue weighted by atomic mass is 79.9. The first-order valence-electron chi connectivity index (χ1n) is 5.45. The van der Waals surface area contributed by atoms with Crippen LogP contribution in [0.25, 0.3) is 0 Å². The van der Waals surface area contributed by atoms with Crippen LogP contribution in [0.4, 0.5) is 11.4 Å². The second-order valence-electron chi connectivity index (χ2n) is 3.84. The van der Waals surface area contributed by atoms with Gasteiger partial charge >= 0.3 is 0 Å². The average molecular weight is 287 g/mol. The zero-order chi connectivity index (χ0) is 12.1. The van der Waals surface area contributed by atoms with Gasteiger partial charge in [-0.2, -0.15) is 0 Å². The van der Waals surface area contributed by atoms with Crippen molar-refractivity contribution in [2.24, 2.45) is 0 Å². The highest BCUT2D eigenvalue weighted by Crippen LogP contribution is 2.27. The minimum atomic E-state index is 0.203. The Bertz CT molecular complexity index is 355. The molecule has 0 spiro atoms. The number of nitrogen functional groups attached to an aromatic ring is 1. The van der Waals surface area contributed by atoms with Crippen molar-refractivity contribution in [2.75, 3.05) is 24.2 Å². The summed E-state index contributed by atoms with van der Waals surface area (Å²) in [5.41, 5.74) is 8.74. The number of hydrogen-bond acceptors (Lipinski definition) is 3. The van der Waals surface area contributed by atoms with Crippen LogP contribution >= 0.6 is 15.9 Å². The maximum Gasteiger partial charge on any atom is 0.0719 e. The van der Waals surface area contributed by atoms with Crippen molar-refractivity contribution in [3.05, 3.63) is 22.2 Å². The number of nitrogens with one attached hydrogen (secondary N) is 1. The van der Waals surface area contributed by atoms with Crippen LogP contribution in [-0.4, -0.2) is 19.3 Å². The van der Waals surface area contributed by atoms with Crippen LogP contribution in [0.2, 0.25) is 0 Å². The van der Waals surface area contributed by atoms with Crippen LogP contribution in [0.5, 0.6) is 0 Å². The molecule has 1 rings (SSSR count). The van der Waals surface area contributed by atoms with Gasteiger partial charge in [-0.3, -0.25) is 0 Å². The predicted octanol–water partition coefficient (Wildman–Crippen LogP) is 3.18. The van der Waals surface area contributed by atoms with E-state index in [9.17, 15) is 0 Å². The number of hydrogen-bond donors (Lipinski definition) is 2. The van der Waals surface area contributed by atoms with Crippen molar-refractivity contribution >= 4 is 27.3 Å². The maximum atomic E-state index is 5.81. The average Bonchev–Trinajstić information content (AvgIpc) is 2.22. The summed E-state index contributed by atoms with van der Waals surface area (Å²) >= 11 is 3.49. The standard InChI is InChI=1S/C12H19BrN2O/c1-4-16-9(3)7-15-12-5-8(2)11(14)6-10(12)13/h5-6,9,15H,4,7,14H2,1-3H3. The fourth-order valence-electron chi connectivity index (χ4n) is 1.43. The molecule has 1 aromatic rings. The number of halogens is 1. The molecule has 0 fully saturated rings. The molecular formula is C12H19BrN2O. The molecule has 1 atom stereocenters. The number of benzene rings is 1. The van der Waals surface area contributed by atoms with Crippen molar-refractivity contribution in [3.63, 3.8) is 0 Å². The van der Waals surface area contributed by atoms with Crippen LogP contribution in [0, 0.1) is 6.92 Å². The molecule has 0 saturated heterocycles. The van der Waals surface area contributed by atoms with E-state index in [1.165, 1.54) is 0 Å². The minimum Gasteiger partial charge on any atom is -0.398 e. The molecular weight excluding hydrogens is 268 g/mol. The van der Waals surface area contributed by atoms with Crippen molar-refractivity contribution in [2.45, 2.75) is 26.9 Å². The molecule has 0 aromatic heterocycles. The summed E-state index contributed by atoms with van der Waals surface area (Å²) in [6.07, 6.45) is 0.203. The van der Waals surface area contributed by atoms with Gasteiger partial charge in [-0.05, 0) is 54.4 Å². The van der Waals surface area contributed by atoms with E-state index in [-0.39, 0.29) is 6.10 Å². The number of nitrogens with two attached hydrogens (primary N) is 1. The number of ether oxygens (including phenoxy) is 1. The van der Waals surface area contributed by atoms with E-state index < -0.39 is 0 Å². The first kappa shape index (κ1) is 13.3. The van der Waals surface area contributed by atoms with E-state index in [2.05, 4.69) is 28.2 Å². The molecule has 0 saturated carbocycles. The van der Waals surface area contributed by atoms with Gasteiger partial charge in [0.2, 0.25) is 0 Å². The van der Waals surface area contributed by atoms with Crippen LogP contribution < -0.4 is 11.1 Å². The molecule has 1 unspecified atom stereocenters. The summed E-state index contributed by atoms with van der Waals surface area (Å²) < 4.78 is 6.44. The lowest BCUT2D eigenvalue weighted by Crippen LogP contribution is -2.20. The zero-order valence-corrected chi connectivity index (χ0v) is 11.6. The highest BCUT2D eigenvalue weighted by Gasteiger charge is 2.05. The van der Waals surface area contributed by atoms with Gasteiger partial charge in [0.1, 0.15) is 0 Å². The van der Waals surface area contributed by atoms with Crippen LogP contribution in [0.3, 0.4) is 0 Å². The van der Waals surface area contributed by atoms with Crippen LogP contribution in [0.1, 0.15) is 19.4 Å². The van der Waals surface area contributed by atoms with Gasteiger partial charge in [-0.1, -0.05) is 0 Å².